The van der Waals surface area contributed by atoms with Crippen LogP contribution >= 0.6 is 0 Å². The molecule has 1 aromatic heterocycles. The van der Waals surface area contributed by atoms with Gasteiger partial charge in [-0.15, -0.1) is 0 Å². The Labute approximate surface area is 280 Å². The zero-order valence-electron chi connectivity index (χ0n) is 27.6. The average molecular weight is 618 g/mol. The SMILES string of the molecule is CC1(C)c2ccccc2-c2c(N(c3ccc4c(c3)oc3c5ccccc5ccc43)c3cccc4c3-c3ccccc3C4(C)C)cccc21. The molecule has 10 rings (SSSR count). The Balaban J connectivity index is 1.29. The van der Waals surface area contributed by atoms with Crippen LogP contribution in [0.25, 0.3) is 55.0 Å². The molecule has 0 spiro atoms. The van der Waals surface area contributed by atoms with Gasteiger partial charge in [-0.25, -0.2) is 0 Å². The Morgan fingerprint density at radius 1 is 0.458 bits per heavy atom. The lowest BCUT2D eigenvalue weighted by Gasteiger charge is -2.31. The summed E-state index contributed by atoms with van der Waals surface area (Å²) in [5.41, 5.74) is 15.8. The van der Waals surface area contributed by atoms with Crippen LogP contribution in [-0.4, -0.2) is 0 Å². The monoisotopic (exact) mass is 617 g/mol. The van der Waals surface area contributed by atoms with Crippen molar-refractivity contribution in [2.24, 2.45) is 0 Å². The van der Waals surface area contributed by atoms with Crippen LogP contribution in [0.15, 0.2) is 144 Å². The van der Waals surface area contributed by atoms with E-state index >= 15 is 0 Å². The Kier molecular flexibility index (Phi) is 5.44. The van der Waals surface area contributed by atoms with Gasteiger partial charge < -0.3 is 9.32 Å². The van der Waals surface area contributed by atoms with Crippen molar-refractivity contribution in [3.63, 3.8) is 0 Å². The van der Waals surface area contributed by atoms with E-state index < -0.39 is 0 Å². The lowest BCUT2D eigenvalue weighted by atomic mass is 9.82. The highest BCUT2D eigenvalue weighted by Gasteiger charge is 2.40. The molecule has 0 bridgehead atoms. The molecule has 0 atom stereocenters. The van der Waals surface area contributed by atoms with Crippen molar-refractivity contribution < 1.29 is 4.42 Å². The highest BCUT2D eigenvalue weighted by molar-refractivity contribution is 6.15. The second-order valence-electron chi connectivity index (χ2n) is 14.5. The summed E-state index contributed by atoms with van der Waals surface area (Å²) in [4.78, 5) is 2.50. The van der Waals surface area contributed by atoms with E-state index in [1.165, 1.54) is 61.3 Å². The van der Waals surface area contributed by atoms with Gasteiger partial charge in [-0.1, -0.05) is 131 Å². The molecule has 0 radical (unpaired) electrons. The van der Waals surface area contributed by atoms with Crippen LogP contribution in [0.3, 0.4) is 0 Å². The average Bonchev–Trinajstić information content (AvgIpc) is 3.69. The highest BCUT2D eigenvalue weighted by atomic mass is 16.3. The minimum absolute atomic E-state index is 0.107. The first kappa shape index (κ1) is 27.5. The van der Waals surface area contributed by atoms with Crippen molar-refractivity contribution in [1.29, 1.82) is 0 Å². The van der Waals surface area contributed by atoms with Crippen LogP contribution < -0.4 is 4.90 Å². The van der Waals surface area contributed by atoms with Crippen LogP contribution in [0.4, 0.5) is 17.1 Å². The molecular weight excluding hydrogens is 583 g/mol. The van der Waals surface area contributed by atoms with Gasteiger partial charge >= 0.3 is 0 Å². The number of nitrogens with zero attached hydrogens (tertiary/aromatic N) is 1. The van der Waals surface area contributed by atoms with Gasteiger partial charge in [0.25, 0.3) is 0 Å². The smallest absolute Gasteiger partial charge is 0.143 e. The third-order valence-corrected chi connectivity index (χ3v) is 11.3. The molecule has 0 aliphatic heterocycles. The molecule has 0 saturated heterocycles. The summed E-state index contributed by atoms with van der Waals surface area (Å²) in [6.45, 7) is 9.43. The van der Waals surface area contributed by atoms with E-state index in [9.17, 15) is 0 Å². The Hall–Kier alpha value is -5.60. The first-order valence-corrected chi connectivity index (χ1v) is 16.9. The Morgan fingerprint density at radius 3 is 1.65 bits per heavy atom. The number of anilines is 3. The fourth-order valence-corrected chi connectivity index (χ4v) is 8.88. The van der Waals surface area contributed by atoms with Gasteiger partial charge in [0, 0.05) is 49.9 Å². The summed E-state index contributed by atoms with van der Waals surface area (Å²) < 4.78 is 6.77. The predicted octanol–water partition coefficient (Wildman–Crippen LogP) is 12.8. The van der Waals surface area contributed by atoms with Crippen LogP contribution in [0.5, 0.6) is 0 Å². The topological polar surface area (TPSA) is 16.4 Å². The molecule has 8 aromatic rings. The van der Waals surface area contributed by atoms with Gasteiger partial charge in [0.1, 0.15) is 11.2 Å². The zero-order valence-corrected chi connectivity index (χ0v) is 27.6. The fraction of sp³-hybridized carbons (Fsp3) is 0.130. The minimum atomic E-state index is -0.107. The lowest BCUT2D eigenvalue weighted by molar-refractivity contribution is 0.660. The van der Waals surface area contributed by atoms with Gasteiger partial charge in [0.05, 0.1) is 11.4 Å². The number of hydrogen-bond donors (Lipinski definition) is 0. The Morgan fingerprint density at radius 2 is 1.00 bits per heavy atom. The minimum Gasteiger partial charge on any atom is -0.455 e. The molecule has 2 aliphatic rings. The molecular formula is C46H35NO. The first-order valence-electron chi connectivity index (χ1n) is 16.9. The maximum absolute atomic E-state index is 6.77. The van der Waals surface area contributed by atoms with E-state index in [0.717, 1.165) is 33.0 Å². The van der Waals surface area contributed by atoms with Crippen molar-refractivity contribution in [2.75, 3.05) is 4.90 Å². The predicted molar refractivity (Wildman–Crippen MR) is 201 cm³/mol. The standard InChI is InChI=1S/C46H35NO/c1-45(2)35-17-9-7-15-33(35)42-37(45)19-11-21-39(42)47(40-22-12-20-38-43(40)34-16-8-10-18-36(34)46(38,3)4)29-24-26-31-32-25-23-28-13-5-6-14-30(28)44(32)48-41(31)27-29/h5-27H,1-4H3. The highest BCUT2D eigenvalue weighted by Crippen LogP contribution is 2.58. The molecule has 2 heteroatoms. The van der Waals surface area contributed by atoms with Crippen molar-refractivity contribution in [3.05, 3.63) is 162 Å². The molecule has 2 aliphatic carbocycles. The molecule has 0 saturated carbocycles. The molecule has 48 heavy (non-hydrogen) atoms. The maximum Gasteiger partial charge on any atom is 0.143 e. The second kappa shape index (κ2) is 9.49. The van der Waals surface area contributed by atoms with Gasteiger partial charge in [-0.3, -0.25) is 0 Å². The molecule has 0 amide bonds. The lowest BCUT2D eigenvalue weighted by Crippen LogP contribution is -2.17. The van der Waals surface area contributed by atoms with Gasteiger partial charge in [-0.05, 0) is 69.1 Å². The number of furan rings is 1. The molecule has 0 fully saturated rings. The molecule has 1 heterocycles. The largest absolute Gasteiger partial charge is 0.455 e. The summed E-state index contributed by atoms with van der Waals surface area (Å²) in [7, 11) is 0. The Bertz CT molecular complexity index is 2530. The summed E-state index contributed by atoms with van der Waals surface area (Å²) in [5.74, 6) is 0. The van der Waals surface area contributed by atoms with Crippen molar-refractivity contribution in [2.45, 2.75) is 38.5 Å². The normalized spacial score (nSPS) is 15.0. The van der Waals surface area contributed by atoms with Crippen LogP contribution in [0.2, 0.25) is 0 Å². The number of hydrogen-bond acceptors (Lipinski definition) is 2. The van der Waals surface area contributed by atoms with Crippen LogP contribution in [0, 0.1) is 0 Å². The van der Waals surface area contributed by atoms with E-state index in [4.69, 9.17) is 4.42 Å². The van der Waals surface area contributed by atoms with Crippen molar-refractivity contribution in [3.8, 4) is 22.3 Å². The zero-order chi connectivity index (χ0) is 32.4. The van der Waals surface area contributed by atoms with Crippen LogP contribution in [0.1, 0.15) is 49.9 Å². The molecule has 0 unspecified atom stereocenters. The quantitative estimate of drug-likeness (QED) is 0.196. The van der Waals surface area contributed by atoms with Crippen molar-refractivity contribution in [1.82, 2.24) is 0 Å². The summed E-state index contributed by atoms with van der Waals surface area (Å²) >= 11 is 0. The van der Waals surface area contributed by atoms with E-state index in [-0.39, 0.29) is 10.8 Å². The van der Waals surface area contributed by atoms with Gasteiger partial charge in [-0.2, -0.15) is 0 Å². The molecule has 0 N–H and O–H groups in total. The van der Waals surface area contributed by atoms with Crippen molar-refractivity contribution >= 4 is 49.8 Å². The summed E-state index contributed by atoms with van der Waals surface area (Å²) in [5, 5.41) is 4.61. The van der Waals surface area contributed by atoms with Gasteiger partial charge in [0.15, 0.2) is 0 Å². The first-order chi connectivity index (χ1) is 23.3. The number of benzene rings is 7. The summed E-state index contributed by atoms with van der Waals surface area (Å²) in [6.07, 6.45) is 0. The van der Waals surface area contributed by atoms with E-state index in [1.54, 1.807) is 0 Å². The maximum atomic E-state index is 6.77. The van der Waals surface area contributed by atoms with E-state index in [2.05, 4.69) is 172 Å². The third-order valence-electron chi connectivity index (χ3n) is 11.3. The second-order valence-corrected chi connectivity index (χ2v) is 14.5. The third kappa shape index (κ3) is 3.52. The fourth-order valence-electron chi connectivity index (χ4n) is 8.88. The molecule has 230 valence electrons. The van der Waals surface area contributed by atoms with E-state index in [0.29, 0.717) is 0 Å². The van der Waals surface area contributed by atoms with E-state index in [1.807, 2.05) is 0 Å². The van der Waals surface area contributed by atoms with Gasteiger partial charge in [0.2, 0.25) is 0 Å². The number of rotatable bonds is 3. The molecule has 7 aromatic carbocycles. The van der Waals surface area contributed by atoms with Crippen LogP contribution in [-0.2, 0) is 10.8 Å². The molecule has 2 nitrogen and oxygen atoms in total. The number of fused-ring (bicyclic) bond motifs is 11. The summed E-state index contributed by atoms with van der Waals surface area (Å²) in [6, 6.07) is 51.3.